The van der Waals surface area contributed by atoms with Gasteiger partial charge < -0.3 is 15.2 Å². The third kappa shape index (κ3) is 2.80. The molecule has 0 spiro atoms. The van der Waals surface area contributed by atoms with E-state index in [1.165, 1.54) is 19.3 Å². The molecular weight excluding hydrogens is 274 g/mol. The minimum absolute atomic E-state index is 0.209. The highest BCUT2D eigenvalue weighted by atomic mass is 16.5. The molecule has 0 unspecified atom stereocenters. The molecule has 3 nitrogen and oxygen atoms in total. The molecule has 0 bridgehead atoms. The number of nitrogens with two attached hydrogens (primary N) is 1. The van der Waals surface area contributed by atoms with Crippen LogP contribution < -0.4 is 15.2 Å². The standard InChI is InChI=1S/C19H25NO2/c1-3-19(12-15(20)13-19)14-9-10-17(21-2)18(11-14)22-16-7-5-4-6-8-16/h1,9-11,15-16H,4-8,12-13,20H2,2H3. The van der Waals surface area contributed by atoms with Crippen molar-refractivity contribution in [3.63, 3.8) is 0 Å². The topological polar surface area (TPSA) is 44.5 Å². The fraction of sp³-hybridized carbons (Fsp3) is 0.579. The first-order valence-corrected chi connectivity index (χ1v) is 8.25. The van der Waals surface area contributed by atoms with Gasteiger partial charge >= 0.3 is 0 Å². The van der Waals surface area contributed by atoms with Crippen LogP contribution in [-0.2, 0) is 5.41 Å². The fourth-order valence-corrected chi connectivity index (χ4v) is 3.70. The SMILES string of the molecule is C#CC1(c2ccc(OC)c(OC3CCCCC3)c2)CC(N)C1. The van der Waals surface area contributed by atoms with E-state index in [1.54, 1.807) is 7.11 Å². The van der Waals surface area contributed by atoms with E-state index >= 15 is 0 Å². The molecule has 0 saturated heterocycles. The van der Waals surface area contributed by atoms with Gasteiger partial charge in [-0.3, -0.25) is 0 Å². The molecule has 3 rings (SSSR count). The molecular formula is C19H25NO2. The number of benzene rings is 1. The second-order valence-corrected chi connectivity index (χ2v) is 6.64. The van der Waals surface area contributed by atoms with Gasteiger partial charge in [0.05, 0.1) is 18.6 Å². The average Bonchev–Trinajstić information content (AvgIpc) is 2.52. The van der Waals surface area contributed by atoms with Crippen LogP contribution in [0.25, 0.3) is 0 Å². The molecule has 2 fully saturated rings. The lowest BCUT2D eigenvalue weighted by Gasteiger charge is -2.43. The minimum atomic E-state index is -0.226. The Balaban J connectivity index is 1.84. The van der Waals surface area contributed by atoms with Gasteiger partial charge in [-0.1, -0.05) is 18.4 Å². The Morgan fingerprint density at radius 3 is 2.50 bits per heavy atom. The molecule has 2 aliphatic carbocycles. The maximum atomic E-state index is 6.23. The van der Waals surface area contributed by atoms with Crippen molar-refractivity contribution < 1.29 is 9.47 Å². The van der Waals surface area contributed by atoms with E-state index in [4.69, 9.17) is 21.6 Å². The van der Waals surface area contributed by atoms with Crippen molar-refractivity contribution in [2.24, 2.45) is 5.73 Å². The molecule has 0 amide bonds. The summed E-state index contributed by atoms with van der Waals surface area (Å²) in [6.45, 7) is 0. The van der Waals surface area contributed by atoms with Crippen molar-refractivity contribution in [3.05, 3.63) is 23.8 Å². The average molecular weight is 299 g/mol. The van der Waals surface area contributed by atoms with E-state index in [0.717, 1.165) is 42.7 Å². The molecule has 118 valence electrons. The maximum absolute atomic E-state index is 6.23. The van der Waals surface area contributed by atoms with Gasteiger partial charge in [-0.25, -0.2) is 0 Å². The zero-order chi connectivity index (χ0) is 15.6. The Hall–Kier alpha value is -1.66. The number of terminal acetylenes is 1. The van der Waals surface area contributed by atoms with E-state index < -0.39 is 0 Å². The van der Waals surface area contributed by atoms with E-state index in [9.17, 15) is 0 Å². The van der Waals surface area contributed by atoms with Gasteiger partial charge in [0, 0.05) is 6.04 Å². The lowest BCUT2D eigenvalue weighted by atomic mass is 9.62. The van der Waals surface area contributed by atoms with Crippen molar-refractivity contribution in [2.45, 2.75) is 62.5 Å². The fourth-order valence-electron chi connectivity index (χ4n) is 3.70. The van der Waals surface area contributed by atoms with Crippen LogP contribution in [0.15, 0.2) is 18.2 Å². The van der Waals surface area contributed by atoms with Crippen molar-refractivity contribution in [1.29, 1.82) is 0 Å². The molecule has 3 heteroatoms. The third-order valence-corrected chi connectivity index (χ3v) is 5.06. The predicted molar refractivity (Wildman–Crippen MR) is 88.2 cm³/mol. The maximum Gasteiger partial charge on any atom is 0.161 e. The van der Waals surface area contributed by atoms with Gasteiger partial charge in [0.25, 0.3) is 0 Å². The summed E-state index contributed by atoms with van der Waals surface area (Å²) >= 11 is 0. The molecule has 22 heavy (non-hydrogen) atoms. The van der Waals surface area contributed by atoms with E-state index in [1.807, 2.05) is 6.07 Å². The molecule has 2 saturated carbocycles. The first-order chi connectivity index (χ1) is 10.7. The Morgan fingerprint density at radius 1 is 1.18 bits per heavy atom. The number of hydrogen-bond acceptors (Lipinski definition) is 3. The summed E-state index contributed by atoms with van der Waals surface area (Å²) in [5.74, 6) is 4.56. The molecule has 0 radical (unpaired) electrons. The molecule has 1 aromatic rings. The quantitative estimate of drug-likeness (QED) is 0.867. The van der Waals surface area contributed by atoms with Crippen LogP contribution in [0.4, 0.5) is 0 Å². The highest BCUT2D eigenvalue weighted by Gasteiger charge is 2.43. The van der Waals surface area contributed by atoms with Crippen molar-refractivity contribution in [1.82, 2.24) is 0 Å². The van der Waals surface area contributed by atoms with Crippen LogP contribution in [0.5, 0.6) is 11.5 Å². The Labute approximate surface area is 133 Å². The molecule has 0 heterocycles. The Kier molecular flexibility index (Phi) is 4.31. The van der Waals surface area contributed by atoms with Crippen molar-refractivity contribution in [2.75, 3.05) is 7.11 Å². The van der Waals surface area contributed by atoms with Gasteiger partial charge in [-0.15, -0.1) is 6.42 Å². The summed E-state index contributed by atoms with van der Waals surface area (Å²) in [5.41, 5.74) is 6.86. The molecule has 2 aliphatic rings. The number of hydrogen-bond donors (Lipinski definition) is 1. The second kappa shape index (κ2) is 6.22. The van der Waals surface area contributed by atoms with E-state index in [2.05, 4.69) is 18.1 Å². The summed E-state index contributed by atoms with van der Waals surface area (Å²) in [6, 6.07) is 6.30. The summed E-state index contributed by atoms with van der Waals surface area (Å²) in [5, 5.41) is 0. The van der Waals surface area contributed by atoms with Gasteiger partial charge in [-0.2, -0.15) is 0 Å². The molecule has 0 aromatic heterocycles. The van der Waals surface area contributed by atoms with Crippen LogP contribution in [0.3, 0.4) is 0 Å². The smallest absolute Gasteiger partial charge is 0.161 e. The predicted octanol–water partition coefficient (Wildman–Crippen LogP) is 3.40. The van der Waals surface area contributed by atoms with Gasteiger partial charge in [0.15, 0.2) is 11.5 Å². The van der Waals surface area contributed by atoms with E-state index in [0.29, 0.717) is 6.10 Å². The van der Waals surface area contributed by atoms with Crippen LogP contribution in [0.2, 0.25) is 0 Å². The lowest BCUT2D eigenvalue weighted by molar-refractivity contribution is 0.149. The summed E-state index contributed by atoms with van der Waals surface area (Å²) in [4.78, 5) is 0. The monoisotopic (exact) mass is 299 g/mol. The Morgan fingerprint density at radius 2 is 1.91 bits per heavy atom. The second-order valence-electron chi connectivity index (χ2n) is 6.64. The van der Waals surface area contributed by atoms with Crippen LogP contribution in [0, 0.1) is 12.3 Å². The highest BCUT2D eigenvalue weighted by Crippen LogP contribution is 2.45. The Bertz CT molecular complexity index is 563. The highest BCUT2D eigenvalue weighted by molar-refractivity contribution is 5.49. The molecule has 2 N–H and O–H groups in total. The summed E-state index contributed by atoms with van der Waals surface area (Å²) in [6.07, 6.45) is 13.8. The summed E-state index contributed by atoms with van der Waals surface area (Å²) in [7, 11) is 1.68. The van der Waals surface area contributed by atoms with Gasteiger partial charge in [0.2, 0.25) is 0 Å². The summed E-state index contributed by atoms with van der Waals surface area (Å²) < 4.78 is 11.7. The normalized spacial score (nSPS) is 28.5. The minimum Gasteiger partial charge on any atom is -0.493 e. The van der Waals surface area contributed by atoms with E-state index in [-0.39, 0.29) is 11.5 Å². The van der Waals surface area contributed by atoms with Gasteiger partial charge in [0.1, 0.15) is 0 Å². The molecule has 0 aliphatic heterocycles. The zero-order valence-corrected chi connectivity index (χ0v) is 13.3. The first-order valence-electron chi connectivity index (χ1n) is 8.25. The van der Waals surface area contributed by atoms with Crippen LogP contribution in [-0.4, -0.2) is 19.3 Å². The number of methoxy groups -OCH3 is 1. The van der Waals surface area contributed by atoms with Crippen LogP contribution >= 0.6 is 0 Å². The zero-order valence-electron chi connectivity index (χ0n) is 13.3. The molecule has 1 aromatic carbocycles. The largest absolute Gasteiger partial charge is 0.493 e. The molecule has 0 atom stereocenters. The van der Waals surface area contributed by atoms with Crippen LogP contribution in [0.1, 0.15) is 50.5 Å². The number of rotatable bonds is 4. The van der Waals surface area contributed by atoms with Crippen molar-refractivity contribution in [3.8, 4) is 23.8 Å². The first kappa shape index (κ1) is 15.2. The van der Waals surface area contributed by atoms with Gasteiger partial charge in [-0.05, 0) is 56.2 Å². The number of ether oxygens (including phenoxy) is 2. The lowest BCUT2D eigenvalue weighted by Crippen LogP contribution is -2.48. The van der Waals surface area contributed by atoms with Crippen molar-refractivity contribution >= 4 is 0 Å². The third-order valence-electron chi connectivity index (χ3n) is 5.06.